The Bertz CT molecular complexity index is 452. The first-order valence-electron chi connectivity index (χ1n) is 3.09. The van der Waals surface area contributed by atoms with Crippen molar-refractivity contribution in [2.24, 2.45) is 0 Å². The molecule has 0 saturated carbocycles. The maximum absolute atomic E-state index is 10.7. The Morgan fingerprint density at radius 3 is 3.18 bits per heavy atom. The van der Waals surface area contributed by atoms with Crippen molar-refractivity contribution in [2.45, 2.75) is 0 Å². The van der Waals surface area contributed by atoms with E-state index in [9.17, 15) is 4.79 Å². The Morgan fingerprint density at radius 2 is 2.36 bits per heavy atom. The minimum absolute atomic E-state index is 0. The Morgan fingerprint density at radius 1 is 1.55 bits per heavy atom. The highest BCUT2D eigenvalue weighted by Gasteiger charge is 1.96. The molecule has 2 radical (unpaired) electrons. The molecule has 2 aromatic rings. The molecule has 4 nitrogen and oxygen atoms in total. The van der Waals surface area contributed by atoms with Crippen molar-refractivity contribution in [3.8, 4) is 0 Å². The molecule has 0 atom stereocenters. The summed E-state index contributed by atoms with van der Waals surface area (Å²) in [5.74, 6) is 0. The summed E-state index contributed by atoms with van der Waals surface area (Å²) in [7, 11) is 5.43. The van der Waals surface area contributed by atoms with Crippen LogP contribution in [0.3, 0.4) is 0 Å². The number of hydrogen-bond donors (Lipinski definition) is 2. The average Bonchev–Trinajstić information content (AvgIpc) is 2.27. The lowest BCUT2D eigenvalue weighted by molar-refractivity contribution is 1.20. The summed E-state index contributed by atoms with van der Waals surface area (Å²) in [6, 6.07) is 1.65. The van der Waals surface area contributed by atoms with Crippen LogP contribution in [0.25, 0.3) is 11.2 Å². The van der Waals surface area contributed by atoms with Gasteiger partial charge in [0.15, 0.2) is 5.65 Å². The second-order valence-electron chi connectivity index (χ2n) is 2.24. The fraction of sp³-hybridized carbons (Fsp3) is 0. The zero-order valence-corrected chi connectivity index (χ0v) is 5.59. The molecule has 0 spiro atoms. The first-order valence-corrected chi connectivity index (χ1v) is 3.09. The van der Waals surface area contributed by atoms with Gasteiger partial charge in [-0.1, -0.05) is 5.46 Å². The molecular formula is C6H8BN3O. The fourth-order valence-corrected chi connectivity index (χ4v) is 0.937. The zero-order chi connectivity index (χ0) is 7.84. The number of fused-ring (bicyclic) bond motifs is 1. The van der Waals surface area contributed by atoms with Crippen LogP contribution in [0.2, 0.25) is 0 Å². The molecule has 0 aliphatic rings. The molecule has 2 heterocycles. The number of rotatable bonds is 0. The first-order chi connectivity index (χ1) is 5.25. The molecule has 5 heteroatoms. The Kier molecular flexibility index (Phi) is 1.12. The third-order valence-corrected chi connectivity index (χ3v) is 1.39. The molecule has 0 saturated heterocycles. The molecule has 0 bridgehead atoms. The van der Waals surface area contributed by atoms with E-state index < -0.39 is 0 Å². The summed E-state index contributed by atoms with van der Waals surface area (Å²) in [4.78, 5) is 19.7. The predicted octanol–water partition coefficient (Wildman–Crippen LogP) is -0.463. The number of imidazole rings is 1. The molecule has 0 aliphatic heterocycles. The number of nitrogens with zero attached hydrogens (tertiary/aromatic N) is 1. The average molecular weight is 149 g/mol. The highest BCUT2D eigenvalue weighted by atomic mass is 16.1. The van der Waals surface area contributed by atoms with Gasteiger partial charge in [-0.3, -0.25) is 4.98 Å². The van der Waals surface area contributed by atoms with Gasteiger partial charge in [0, 0.05) is 9.05 Å². The van der Waals surface area contributed by atoms with E-state index in [1.807, 2.05) is 0 Å². The minimum atomic E-state index is -0.266. The van der Waals surface area contributed by atoms with Crippen LogP contribution < -0.4 is 11.2 Å². The van der Waals surface area contributed by atoms with E-state index in [1.165, 1.54) is 6.20 Å². The van der Waals surface area contributed by atoms with E-state index in [-0.39, 0.29) is 8.54 Å². The quantitative estimate of drug-likeness (QED) is 0.497. The van der Waals surface area contributed by atoms with E-state index >= 15 is 0 Å². The van der Waals surface area contributed by atoms with E-state index in [1.54, 1.807) is 6.07 Å². The van der Waals surface area contributed by atoms with Crippen molar-refractivity contribution in [3.63, 3.8) is 0 Å². The number of pyridine rings is 1. The summed E-state index contributed by atoms with van der Waals surface area (Å²) in [6.07, 6.45) is 1.49. The van der Waals surface area contributed by atoms with Crippen LogP contribution >= 0.6 is 0 Å². The molecule has 0 aromatic carbocycles. The SMILES string of the molecule is [B]c1cnc2[nH]c(=O)[nH]c2c1.[HH].[HH]. The van der Waals surface area contributed by atoms with Crippen LogP contribution in [0.5, 0.6) is 0 Å². The van der Waals surface area contributed by atoms with Gasteiger partial charge in [0.1, 0.15) is 7.85 Å². The van der Waals surface area contributed by atoms with Crippen molar-refractivity contribution >= 4 is 24.5 Å². The van der Waals surface area contributed by atoms with Gasteiger partial charge in [-0.25, -0.2) is 9.78 Å². The molecule has 0 amide bonds. The van der Waals surface area contributed by atoms with Crippen molar-refractivity contribution in [2.75, 3.05) is 0 Å². The van der Waals surface area contributed by atoms with Crippen molar-refractivity contribution in [1.82, 2.24) is 15.0 Å². The number of aromatic amines is 2. The van der Waals surface area contributed by atoms with E-state index in [0.717, 1.165) is 0 Å². The molecule has 11 heavy (non-hydrogen) atoms. The van der Waals surface area contributed by atoms with Crippen molar-refractivity contribution < 1.29 is 2.85 Å². The normalized spacial score (nSPS) is 10.5. The maximum atomic E-state index is 10.7. The van der Waals surface area contributed by atoms with Crippen LogP contribution in [-0.4, -0.2) is 22.8 Å². The van der Waals surface area contributed by atoms with Crippen LogP contribution in [0.1, 0.15) is 2.85 Å². The molecule has 56 valence electrons. The Labute approximate surface area is 66.0 Å². The lowest BCUT2D eigenvalue weighted by Crippen LogP contribution is -2.01. The molecule has 0 unspecified atom stereocenters. The van der Waals surface area contributed by atoms with Gasteiger partial charge in [0.05, 0.1) is 5.52 Å². The second kappa shape index (κ2) is 1.98. The van der Waals surface area contributed by atoms with Gasteiger partial charge >= 0.3 is 5.69 Å². The topological polar surface area (TPSA) is 61.5 Å². The van der Waals surface area contributed by atoms with E-state index in [4.69, 9.17) is 7.85 Å². The Balaban J connectivity index is 0.000000720. The molecular weight excluding hydrogens is 141 g/mol. The minimum Gasteiger partial charge on any atom is -0.304 e. The summed E-state index contributed by atoms with van der Waals surface area (Å²) < 4.78 is 0. The summed E-state index contributed by atoms with van der Waals surface area (Å²) in [5.41, 5.74) is 1.44. The fourth-order valence-electron chi connectivity index (χ4n) is 0.937. The van der Waals surface area contributed by atoms with E-state index in [0.29, 0.717) is 16.6 Å². The number of hydrogen-bond acceptors (Lipinski definition) is 2. The molecule has 2 N–H and O–H groups in total. The van der Waals surface area contributed by atoms with Gasteiger partial charge < -0.3 is 4.98 Å². The van der Waals surface area contributed by atoms with E-state index in [2.05, 4.69) is 15.0 Å². The van der Waals surface area contributed by atoms with Gasteiger partial charge in [-0.15, -0.1) is 0 Å². The maximum Gasteiger partial charge on any atom is 0.325 e. The van der Waals surface area contributed by atoms with Crippen LogP contribution in [0.4, 0.5) is 0 Å². The number of aromatic nitrogens is 3. The lowest BCUT2D eigenvalue weighted by atomic mass is 9.99. The molecule has 0 fully saturated rings. The number of H-pyrrole nitrogens is 2. The zero-order valence-electron chi connectivity index (χ0n) is 5.59. The third kappa shape index (κ3) is 0.940. The first kappa shape index (κ1) is 6.21. The standard InChI is InChI=1S/C6H4BN3O.2H2/c7-3-1-4-5(8-2-3)10-6(11)9-4;;/h1-2H,(H2,8,9,10,11);2*1H. The summed E-state index contributed by atoms with van der Waals surface area (Å²) in [5, 5.41) is 0. The monoisotopic (exact) mass is 149 g/mol. The highest BCUT2D eigenvalue weighted by Crippen LogP contribution is 1.97. The summed E-state index contributed by atoms with van der Waals surface area (Å²) in [6.45, 7) is 0. The number of nitrogens with one attached hydrogen (secondary N) is 2. The largest absolute Gasteiger partial charge is 0.325 e. The molecule has 0 aliphatic carbocycles. The summed E-state index contributed by atoms with van der Waals surface area (Å²) >= 11 is 0. The van der Waals surface area contributed by atoms with Crippen molar-refractivity contribution in [1.29, 1.82) is 0 Å². The van der Waals surface area contributed by atoms with Gasteiger partial charge in [-0.2, -0.15) is 0 Å². The van der Waals surface area contributed by atoms with Gasteiger partial charge in [0.25, 0.3) is 0 Å². The third-order valence-electron chi connectivity index (χ3n) is 1.39. The molecule has 2 rings (SSSR count). The smallest absolute Gasteiger partial charge is 0.304 e. The van der Waals surface area contributed by atoms with Crippen LogP contribution in [-0.2, 0) is 0 Å². The van der Waals surface area contributed by atoms with Gasteiger partial charge in [0.2, 0.25) is 0 Å². The highest BCUT2D eigenvalue weighted by molar-refractivity contribution is 6.32. The second-order valence-corrected chi connectivity index (χ2v) is 2.24. The molecule has 2 aromatic heterocycles. The Hall–Kier alpha value is -1.52. The lowest BCUT2D eigenvalue weighted by Gasteiger charge is -1.89. The predicted molar refractivity (Wildman–Crippen MR) is 46.3 cm³/mol. The van der Waals surface area contributed by atoms with Crippen molar-refractivity contribution in [3.05, 3.63) is 22.7 Å². The van der Waals surface area contributed by atoms with Crippen LogP contribution in [0, 0.1) is 0 Å². The van der Waals surface area contributed by atoms with Gasteiger partial charge in [-0.05, 0) is 6.07 Å². The van der Waals surface area contributed by atoms with Crippen LogP contribution in [0.15, 0.2) is 17.1 Å².